The number of hydrogen-bond donors (Lipinski definition) is 1. The molecule has 0 aliphatic heterocycles. The van der Waals surface area contributed by atoms with Gasteiger partial charge >= 0.3 is 0 Å². The second-order valence-electron chi connectivity index (χ2n) is 3.02. The second-order valence-corrected chi connectivity index (χ2v) is 3.02. The highest BCUT2D eigenvalue weighted by molar-refractivity contribution is 5.79. The molecular formula is C9H18N2O2. The highest BCUT2D eigenvalue weighted by Crippen LogP contribution is 1.96. The molecule has 0 aromatic heterocycles. The maximum atomic E-state index is 11.2. The summed E-state index contributed by atoms with van der Waals surface area (Å²) in [4.78, 5) is 22.8. The third kappa shape index (κ3) is 6.13. The first-order valence-corrected chi connectivity index (χ1v) is 4.63. The largest absolute Gasteiger partial charge is 0.350 e. The number of rotatable bonds is 7. The first-order valence-electron chi connectivity index (χ1n) is 4.63. The molecule has 0 fully saturated rings. The highest BCUT2D eigenvalue weighted by Gasteiger charge is 2.05. The summed E-state index contributed by atoms with van der Waals surface area (Å²) in [6.45, 7) is 3.00. The van der Waals surface area contributed by atoms with Crippen molar-refractivity contribution in [3.63, 3.8) is 0 Å². The minimum Gasteiger partial charge on any atom is -0.350 e. The lowest BCUT2D eigenvalue weighted by atomic mass is 10.2. The van der Waals surface area contributed by atoms with E-state index in [0.717, 1.165) is 25.8 Å². The predicted octanol–water partition coefficient (Wildman–Crippen LogP) is 0.381. The van der Waals surface area contributed by atoms with Gasteiger partial charge in [0.2, 0.25) is 12.3 Å². The zero-order valence-corrected chi connectivity index (χ0v) is 8.38. The molecule has 0 saturated carbocycles. The molecule has 13 heavy (non-hydrogen) atoms. The van der Waals surface area contributed by atoms with Gasteiger partial charge in [0.1, 0.15) is 0 Å². The van der Waals surface area contributed by atoms with Crippen molar-refractivity contribution in [2.24, 2.45) is 0 Å². The Bertz CT molecular complexity index is 160. The molecule has 2 amide bonds. The summed E-state index contributed by atoms with van der Waals surface area (Å²) in [6.07, 6.45) is 3.85. The van der Waals surface area contributed by atoms with E-state index in [0.29, 0.717) is 6.41 Å². The van der Waals surface area contributed by atoms with Gasteiger partial charge in [-0.15, -0.1) is 0 Å². The smallest absolute Gasteiger partial charge is 0.241 e. The van der Waals surface area contributed by atoms with Gasteiger partial charge in [-0.1, -0.05) is 19.8 Å². The van der Waals surface area contributed by atoms with Crippen LogP contribution in [-0.4, -0.2) is 37.4 Å². The number of hydrogen-bond acceptors (Lipinski definition) is 2. The molecule has 1 N–H and O–H groups in total. The summed E-state index contributed by atoms with van der Waals surface area (Å²) in [5.74, 6) is -0.0387. The summed E-state index contributed by atoms with van der Waals surface area (Å²) < 4.78 is 0. The van der Waals surface area contributed by atoms with Gasteiger partial charge in [-0.25, -0.2) is 0 Å². The van der Waals surface area contributed by atoms with Crippen molar-refractivity contribution in [1.29, 1.82) is 0 Å². The van der Waals surface area contributed by atoms with Gasteiger partial charge in [0.05, 0.1) is 6.54 Å². The van der Waals surface area contributed by atoms with Gasteiger partial charge in [0.15, 0.2) is 0 Å². The molecule has 76 valence electrons. The molecule has 0 heterocycles. The first kappa shape index (κ1) is 11.9. The van der Waals surface area contributed by atoms with E-state index < -0.39 is 0 Å². The van der Waals surface area contributed by atoms with E-state index in [1.54, 1.807) is 11.9 Å². The Morgan fingerprint density at radius 2 is 2.15 bits per heavy atom. The van der Waals surface area contributed by atoms with Crippen LogP contribution in [0.5, 0.6) is 0 Å². The van der Waals surface area contributed by atoms with Gasteiger partial charge in [-0.2, -0.15) is 0 Å². The van der Waals surface area contributed by atoms with Crippen LogP contribution in [0.3, 0.4) is 0 Å². The molecule has 4 heteroatoms. The van der Waals surface area contributed by atoms with E-state index in [2.05, 4.69) is 12.2 Å². The van der Waals surface area contributed by atoms with Gasteiger partial charge in [-0.3, -0.25) is 9.59 Å². The van der Waals surface area contributed by atoms with Crippen molar-refractivity contribution in [2.45, 2.75) is 26.2 Å². The van der Waals surface area contributed by atoms with E-state index in [-0.39, 0.29) is 12.5 Å². The van der Waals surface area contributed by atoms with E-state index in [1.807, 2.05) is 0 Å². The van der Waals surface area contributed by atoms with Gasteiger partial charge in [0.25, 0.3) is 0 Å². The summed E-state index contributed by atoms with van der Waals surface area (Å²) in [7, 11) is 1.75. The van der Waals surface area contributed by atoms with Gasteiger partial charge in [-0.05, 0) is 6.42 Å². The number of likely N-dealkylation sites (N-methyl/N-ethyl adjacent to an activating group) is 1. The van der Waals surface area contributed by atoms with Crippen LogP contribution in [0.1, 0.15) is 26.2 Å². The molecule has 0 rings (SSSR count). The summed E-state index contributed by atoms with van der Waals surface area (Å²) in [6, 6.07) is 0. The van der Waals surface area contributed by atoms with Crippen molar-refractivity contribution >= 4 is 12.3 Å². The van der Waals surface area contributed by atoms with Crippen LogP contribution in [0.4, 0.5) is 0 Å². The van der Waals surface area contributed by atoms with Crippen molar-refractivity contribution in [3.05, 3.63) is 0 Å². The Morgan fingerprint density at radius 3 is 2.69 bits per heavy atom. The number of carbonyl (C=O) groups excluding carboxylic acids is 2. The molecular weight excluding hydrogens is 168 g/mol. The van der Waals surface area contributed by atoms with Crippen LogP contribution < -0.4 is 5.32 Å². The second kappa shape index (κ2) is 7.58. The fourth-order valence-electron chi connectivity index (χ4n) is 0.988. The number of nitrogens with zero attached hydrogens (tertiary/aromatic N) is 1. The monoisotopic (exact) mass is 186 g/mol. The van der Waals surface area contributed by atoms with Crippen LogP contribution in [0.25, 0.3) is 0 Å². The lowest BCUT2D eigenvalue weighted by Gasteiger charge is -2.16. The van der Waals surface area contributed by atoms with Crippen LogP contribution in [-0.2, 0) is 9.59 Å². The number of nitrogens with one attached hydrogen (secondary N) is 1. The molecule has 0 saturated heterocycles. The molecule has 0 aromatic carbocycles. The van der Waals surface area contributed by atoms with E-state index in [9.17, 15) is 9.59 Å². The maximum Gasteiger partial charge on any atom is 0.241 e. The number of unbranched alkanes of at least 4 members (excludes halogenated alkanes) is 2. The molecule has 0 bridgehead atoms. The van der Waals surface area contributed by atoms with Gasteiger partial charge in [0, 0.05) is 13.6 Å². The molecule has 0 aliphatic rings. The minimum absolute atomic E-state index is 0.0387. The van der Waals surface area contributed by atoms with E-state index in [4.69, 9.17) is 0 Å². The van der Waals surface area contributed by atoms with Crippen molar-refractivity contribution < 1.29 is 9.59 Å². The third-order valence-corrected chi connectivity index (χ3v) is 1.86. The quantitative estimate of drug-likeness (QED) is 0.461. The lowest BCUT2D eigenvalue weighted by Crippen LogP contribution is -2.35. The fourth-order valence-corrected chi connectivity index (χ4v) is 0.988. The highest BCUT2D eigenvalue weighted by atomic mass is 16.2. The molecule has 0 unspecified atom stereocenters. The zero-order chi connectivity index (χ0) is 10.1. The molecule has 4 nitrogen and oxygen atoms in total. The summed E-state index contributed by atoms with van der Waals surface area (Å²) in [5.41, 5.74) is 0. The third-order valence-electron chi connectivity index (χ3n) is 1.86. The Morgan fingerprint density at radius 1 is 1.46 bits per heavy atom. The Kier molecular flexibility index (Phi) is 6.96. The molecule has 0 aromatic rings. The lowest BCUT2D eigenvalue weighted by molar-refractivity contribution is -0.130. The number of amides is 2. The van der Waals surface area contributed by atoms with Crippen molar-refractivity contribution in [3.8, 4) is 0 Å². The van der Waals surface area contributed by atoms with Crippen LogP contribution >= 0.6 is 0 Å². The summed E-state index contributed by atoms with van der Waals surface area (Å²) >= 11 is 0. The molecule has 0 spiro atoms. The topological polar surface area (TPSA) is 49.4 Å². The van der Waals surface area contributed by atoms with Crippen molar-refractivity contribution in [1.82, 2.24) is 10.2 Å². The van der Waals surface area contributed by atoms with E-state index in [1.165, 1.54) is 0 Å². The normalized spacial score (nSPS) is 9.38. The van der Waals surface area contributed by atoms with Gasteiger partial charge < -0.3 is 10.2 Å². The predicted molar refractivity (Wildman–Crippen MR) is 51.2 cm³/mol. The molecule has 0 atom stereocenters. The van der Waals surface area contributed by atoms with Crippen LogP contribution in [0, 0.1) is 0 Å². The zero-order valence-electron chi connectivity index (χ0n) is 8.38. The standard InChI is InChI=1S/C9H18N2O2/c1-3-4-5-6-11(2)9(13)7-10-8-12/h8H,3-7H2,1-2H3,(H,10,12). The van der Waals surface area contributed by atoms with E-state index >= 15 is 0 Å². The maximum absolute atomic E-state index is 11.2. The molecule has 0 radical (unpaired) electrons. The average molecular weight is 186 g/mol. The van der Waals surface area contributed by atoms with Crippen LogP contribution in [0.15, 0.2) is 0 Å². The Labute approximate surface area is 79.3 Å². The van der Waals surface area contributed by atoms with Crippen molar-refractivity contribution in [2.75, 3.05) is 20.1 Å². The van der Waals surface area contributed by atoms with Crippen LogP contribution in [0.2, 0.25) is 0 Å². The number of carbonyl (C=O) groups is 2. The minimum atomic E-state index is -0.0387. The Balaban J connectivity index is 3.50. The SMILES string of the molecule is CCCCCN(C)C(=O)CNC=O. The average Bonchev–Trinajstić information content (AvgIpc) is 2.14. The Hall–Kier alpha value is -1.06. The molecule has 0 aliphatic carbocycles. The summed E-state index contributed by atoms with van der Waals surface area (Å²) in [5, 5.41) is 2.35. The first-order chi connectivity index (χ1) is 6.22. The fraction of sp³-hybridized carbons (Fsp3) is 0.778.